The monoisotopic (exact) mass is 424 g/mol. The summed E-state index contributed by atoms with van der Waals surface area (Å²) in [5.41, 5.74) is 4.81. The third kappa shape index (κ3) is 15.6. The van der Waals surface area contributed by atoms with Crippen molar-refractivity contribution < 1.29 is 29.4 Å². The molecule has 0 saturated heterocycles. The summed E-state index contributed by atoms with van der Waals surface area (Å²) in [5.74, 6) is -1.89. The Morgan fingerprint density at radius 2 is 1.24 bits per heavy atom. The molecule has 3 amide bonds. The number of carbonyl (C=O) groups is 4. The summed E-state index contributed by atoms with van der Waals surface area (Å²) in [4.78, 5) is 41.8. The summed E-state index contributed by atoms with van der Waals surface area (Å²) < 4.78 is -0.665. The Labute approximate surface area is 156 Å². The molecule has 25 heavy (non-hydrogen) atoms. The highest BCUT2D eigenvalue weighted by Gasteiger charge is 2.32. The number of alkyl halides is 1. The van der Waals surface area contributed by atoms with Gasteiger partial charge in [0.15, 0.2) is 0 Å². The average molecular weight is 425 g/mol. The lowest BCUT2D eigenvalue weighted by Crippen LogP contribution is -2.46. The second-order valence-electron chi connectivity index (χ2n) is 5.55. The molecule has 0 aromatic rings. The minimum Gasteiger partial charge on any atom is -0.481 e. The molecule has 0 unspecified atom stereocenters. The van der Waals surface area contributed by atoms with Crippen LogP contribution < -0.4 is 11.1 Å². The third-order valence-corrected chi connectivity index (χ3v) is 5.03. The number of rotatable bonds is 11. The van der Waals surface area contributed by atoms with Gasteiger partial charge in [0, 0.05) is 12.8 Å². The summed E-state index contributed by atoms with van der Waals surface area (Å²) in [6.07, 6.45) is 5.76. The Balaban J connectivity index is 0. The second kappa shape index (κ2) is 14.7. The van der Waals surface area contributed by atoms with E-state index in [0.717, 1.165) is 19.3 Å². The van der Waals surface area contributed by atoms with E-state index in [2.05, 4.69) is 15.9 Å². The number of carbonyl (C=O) groups excluding carboxylic acids is 2. The van der Waals surface area contributed by atoms with E-state index in [4.69, 9.17) is 15.9 Å². The number of aliphatic carboxylic acids is 2. The van der Waals surface area contributed by atoms with E-state index in [1.807, 2.05) is 19.2 Å². The molecule has 0 heterocycles. The average Bonchev–Trinajstić information content (AvgIpc) is 2.52. The first-order valence-corrected chi connectivity index (χ1v) is 9.11. The smallest absolute Gasteiger partial charge is 0.318 e. The Hall–Kier alpha value is -1.64. The van der Waals surface area contributed by atoms with Crippen molar-refractivity contribution in [1.29, 1.82) is 0 Å². The van der Waals surface area contributed by atoms with E-state index in [0.29, 0.717) is 25.7 Å². The highest BCUT2D eigenvalue weighted by Crippen LogP contribution is 2.26. The van der Waals surface area contributed by atoms with Crippen LogP contribution in [-0.2, 0) is 14.4 Å². The number of unbranched alkanes of at least 4 members (excludes halogenated alkanes) is 4. The van der Waals surface area contributed by atoms with Crippen LogP contribution in [0, 0.1) is 0 Å². The highest BCUT2D eigenvalue weighted by atomic mass is 79.9. The van der Waals surface area contributed by atoms with Crippen molar-refractivity contribution in [2.24, 2.45) is 5.73 Å². The topological polar surface area (TPSA) is 147 Å². The van der Waals surface area contributed by atoms with Gasteiger partial charge < -0.3 is 15.9 Å². The maximum Gasteiger partial charge on any atom is 0.318 e. The molecular weight excluding hydrogens is 396 g/mol. The van der Waals surface area contributed by atoms with Crippen molar-refractivity contribution in [2.75, 3.05) is 0 Å². The van der Waals surface area contributed by atoms with Gasteiger partial charge in [-0.3, -0.25) is 19.7 Å². The van der Waals surface area contributed by atoms with Gasteiger partial charge in [-0.25, -0.2) is 4.79 Å². The van der Waals surface area contributed by atoms with Gasteiger partial charge in [0.05, 0.1) is 0 Å². The van der Waals surface area contributed by atoms with Crippen LogP contribution in [0.4, 0.5) is 4.79 Å². The van der Waals surface area contributed by atoms with Gasteiger partial charge in [0.1, 0.15) is 4.32 Å². The fourth-order valence-corrected chi connectivity index (χ4v) is 1.98. The minimum absolute atomic E-state index is 0.221. The number of carboxylic acid groups (broad SMARTS) is 2. The second-order valence-corrected chi connectivity index (χ2v) is 7.06. The molecule has 0 rings (SSSR count). The first kappa shape index (κ1) is 25.6. The molecule has 9 heteroatoms. The van der Waals surface area contributed by atoms with Crippen LogP contribution in [0.25, 0.3) is 0 Å². The lowest BCUT2D eigenvalue weighted by Gasteiger charge is -2.21. The van der Waals surface area contributed by atoms with Crippen molar-refractivity contribution >= 4 is 39.8 Å². The number of hydrogen-bond acceptors (Lipinski definition) is 4. The Bertz CT molecular complexity index is 420. The van der Waals surface area contributed by atoms with Crippen molar-refractivity contribution in [3.05, 3.63) is 0 Å². The normalized spacial score (nSPS) is 10.4. The van der Waals surface area contributed by atoms with Gasteiger partial charge >= 0.3 is 18.0 Å². The molecule has 8 nitrogen and oxygen atoms in total. The number of imide groups is 1. The van der Waals surface area contributed by atoms with Crippen LogP contribution in [0.5, 0.6) is 0 Å². The largest absolute Gasteiger partial charge is 0.481 e. The highest BCUT2D eigenvalue weighted by molar-refractivity contribution is 9.10. The van der Waals surface area contributed by atoms with Crippen LogP contribution in [0.2, 0.25) is 0 Å². The summed E-state index contributed by atoms with van der Waals surface area (Å²) in [5, 5.41) is 18.7. The lowest BCUT2D eigenvalue weighted by atomic mass is 10.0. The first-order valence-electron chi connectivity index (χ1n) is 8.32. The fourth-order valence-electron chi connectivity index (χ4n) is 1.88. The predicted octanol–water partition coefficient (Wildman–Crippen LogP) is 3.02. The molecule has 0 fully saturated rings. The van der Waals surface area contributed by atoms with Gasteiger partial charge in [0.25, 0.3) is 0 Å². The number of nitrogens with one attached hydrogen (secondary N) is 1. The maximum absolute atomic E-state index is 11.3. The lowest BCUT2D eigenvalue weighted by molar-refractivity contribution is -0.138. The van der Waals surface area contributed by atoms with Crippen LogP contribution in [0.15, 0.2) is 0 Å². The number of amides is 3. The molecule has 0 aliphatic rings. The zero-order valence-electron chi connectivity index (χ0n) is 14.8. The van der Waals surface area contributed by atoms with Crippen LogP contribution >= 0.6 is 15.9 Å². The van der Waals surface area contributed by atoms with E-state index in [9.17, 15) is 19.2 Å². The van der Waals surface area contributed by atoms with Crippen LogP contribution in [0.3, 0.4) is 0 Å². The van der Waals surface area contributed by atoms with E-state index < -0.39 is 22.3 Å². The minimum atomic E-state index is -0.814. The van der Waals surface area contributed by atoms with Crippen molar-refractivity contribution in [3.8, 4) is 0 Å². The first-order chi connectivity index (χ1) is 11.6. The molecule has 0 aromatic heterocycles. The van der Waals surface area contributed by atoms with E-state index in [1.54, 1.807) is 0 Å². The zero-order chi connectivity index (χ0) is 19.9. The van der Waals surface area contributed by atoms with Gasteiger partial charge in [-0.15, -0.1) is 0 Å². The van der Waals surface area contributed by atoms with E-state index >= 15 is 0 Å². The Morgan fingerprint density at radius 1 is 0.880 bits per heavy atom. The SMILES string of the molecule is CCC(Br)(CC)C(=O)NC(N)=O.O=C(O)CCCCCCCC(=O)O. The zero-order valence-corrected chi connectivity index (χ0v) is 16.4. The molecule has 0 aliphatic heterocycles. The van der Waals surface area contributed by atoms with Crippen LogP contribution in [0.1, 0.15) is 71.6 Å². The number of urea groups is 1. The van der Waals surface area contributed by atoms with E-state index in [1.165, 1.54) is 0 Å². The molecule has 0 saturated carbocycles. The van der Waals surface area contributed by atoms with Gasteiger partial charge in [0.2, 0.25) is 5.91 Å². The molecule has 0 atom stereocenters. The van der Waals surface area contributed by atoms with Crippen LogP contribution in [-0.4, -0.2) is 38.4 Å². The maximum atomic E-state index is 11.3. The van der Waals surface area contributed by atoms with Crippen molar-refractivity contribution in [3.63, 3.8) is 0 Å². The summed E-state index contributed by atoms with van der Waals surface area (Å²) in [7, 11) is 0. The number of nitrogens with two attached hydrogens (primary N) is 1. The molecular formula is C16H29BrN2O6. The van der Waals surface area contributed by atoms with Crippen molar-refractivity contribution in [1.82, 2.24) is 5.32 Å². The molecule has 0 spiro atoms. The Morgan fingerprint density at radius 3 is 1.52 bits per heavy atom. The van der Waals surface area contributed by atoms with Gasteiger partial charge in [-0.05, 0) is 25.7 Å². The molecule has 0 radical (unpaired) electrons. The molecule has 0 aliphatic carbocycles. The summed E-state index contributed by atoms with van der Waals surface area (Å²) >= 11 is 3.26. The standard InChI is InChI=1S/C9H16O4.C7H13BrN2O2/c10-8(11)6-4-2-1-3-5-7-9(12)13;1-3-7(8,4-2)5(11)10-6(9)12/h1-7H2,(H,10,11)(H,12,13);3-4H2,1-2H3,(H3,9,10,11,12). The van der Waals surface area contributed by atoms with Crippen molar-refractivity contribution in [2.45, 2.75) is 76.0 Å². The summed E-state index contributed by atoms with van der Waals surface area (Å²) in [6, 6.07) is -0.814. The number of hydrogen-bond donors (Lipinski definition) is 4. The third-order valence-electron chi connectivity index (χ3n) is 3.55. The number of carboxylic acids is 2. The fraction of sp³-hybridized carbons (Fsp3) is 0.750. The quantitative estimate of drug-likeness (QED) is 0.296. The molecule has 0 bridgehead atoms. The predicted molar refractivity (Wildman–Crippen MR) is 97.6 cm³/mol. The number of halogens is 1. The van der Waals surface area contributed by atoms with Gasteiger partial charge in [-0.1, -0.05) is 49.0 Å². The molecule has 146 valence electrons. The number of primary amides is 1. The summed E-state index contributed by atoms with van der Waals surface area (Å²) in [6.45, 7) is 3.72. The molecule has 0 aromatic carbocycles. The Kier molecular flexibility index (Phi) is 15.0. The molecule has 5 N–H and O–H groups in total. The van der Waals surface area contributed by atoms with E-state index in [-0.39, 0.29) is 18.7 Å². The van der Waals surface area contributed by atoms with Gasteiger partial charge in [-0.2, -0.15) is 0 Å².